The number of rotatable bonds is 6. The molecule has 0 atom stereocenters. The van der Waals surface area contributed by atoms with Gasteiger partial charge in [-0.1, -0.05) is 30.3 Å². The lowest BCUT2D eigenvalue weighted by atomic mass is 10.1. The number of para-hydroxylation sites is 1. The molecule has 0 aliphatic carbocycles. The van der Waals surface area contributed by atoms with Gasteiger partial charge in [-0.05, 0) is 30.7 Å². The van der Waals surface area contributed by atoms with E-state index in [9.17, 15) is 18.0 Å². The monoisotopic (exact) mass is 366 g/mol. The van der Waals surface area contributed by atoms with Crippen LogP contribution in [-0.4, -0.2) is 24.6 Å². The third-order valence-corrected chi connectivity index (χ3v) is 3.75. The predicted octanol–water partition coefficient (Wildman–Crippen LogP) is 4.45. The lowest BCUT2D eigenvalue weighted by molar-refractivity contribution is -0.137. The number of ether oxygens (including phenoxy) is 1. The number of hydrogen-bond acceptors (Lipinski definition) is 2. The molecule has 4 nitrogen and oxygen atoms in total. The summed E-state index contributed by atoms with van der Waals surface area (Å²) in [5.41, 5.74) is 0.761. The fourth-order valence-corrected chi connectivity index (χ4v) is 2.40. The lowest BCUT2D eigenvalue weighted by Gasteiger charge is -2.19. The van der Waals surface area contributed by atoms with Crippen LogP contribution in [0.25, 0.3) is 0 Å². The van der Waals surface area contributed by atoms with Gasteiger partial charge in [0.15, 0.2) is 0 Å². The van der Waals surface area contributed by atoms with Gasteiger partial charge in [0.2, 0.25) is 0 Å². The number of nitrogens with zero attached hydrogens (tertiary/aromatic N) is 1. The molecule has 0 aromatic heterocycles. The van der Waals surface area contributed by atoms with Crippen LogP contribution in [0.3, 0.4) is 0 Å². The van der Waals surface area contributed by atoms with Crippen molar-refractivity contribution in [2.45, 2.75) is 26.2 Å². The minimum atomic E-state index is -4.37. The quantitative estimate of drug-likeness (QED) is 0.821. The standard InChI is InChI=1S/C19H21F3N2O2/c1-3-26-17-7-5-4-6-15(17)12-23-18(25)24(2)13-14-8-10-16(11-9-14)19(20,21)22/h4-11H,3,12-13H2,1-2H3,(H,23,25). The molecule has 0 bridgehead atoms. The van der Waals surface area contributed by atoms with Gasteiger partial charge in [0.05, 0.1) is 12.2 Å². The van der Waals surface area contributed by atoms with E-state index in [1.165, 1.54) is 17.0 Å². The fourth-order valence-electron chi connectivity index (χ4n) is 2.40. The van der Waals surface area contributed by atoms with Gasteiger partial charge in [0.25, 0.3) is 0 Å². The number of carbonyl (C=O) groups excluding carboxylic acids is 1. The molecule has 140 valence electrons. The summed E-state index contributed by atoms with van der Waals surface area (Å²) in [6.45, 7) is 2.91. The Bertz CT molecular complexity index is 730. The first-order valence-corrected chi connectivity index (χ1v) is 8.17. The number of halogens is 3. The first kappa shape index (κ1) is 19.6. The highest BCUT2D eigenvalue weighted by atomic mass is 19.4. The summed E-state index contributed by atoms with van der Waals surface area (Å²) < 4.78 is 43.2. The highest BCUT2D eigenvalue weighted by Crippen LogP contribution is 2.29. The topological polar surface area (TPSA) is 41.6 Å². The van der Waals surface area contributed by atoms with E-state index >= 15 is 0 Å². The maximum atomic E-state index is 12.6. The van der Waals surface area contributed by atoms with Crippen molar-refractivity contribution in [3.05, 3.63) is 65.2 Å². The van der Waals surface area contributed by atoms with Crippen LogP contribution in [0.15, 0.2) is 48.5 Å². The van der Waals surface area contributed by atoms with Crippen LogP contribution in [0.2, 0.25) is 0 Å². The number of benzene rings is 2. The van der Waals surface area contributed by atoms with Crippen molar-refractivity contribution >= 4 is 6.03 Å². The van der Waals surface area contributed by atoms with E-state index in [1.807, 2.05) is 31.2 Å². The van der Waals surface area contributed by atoms with E-state index in [0.29, 0.717) is 24.5 Å². The Kier molecular flexibility index (Phi) is 6.49. The van der Waals surface area contributed by atoms with Crippen LogP contribution in [0.1, 0.15) is 23.6 Å². The van der Waals surface area contributed by atoms with Crippen molar-refractivity contribution in [2.24, 2.45) is 0 Å². The van der Waals surface area contributed by atoms with Gasteiger partial charge >= 0.3 is 12.2 Å². The van der Waals surface area contributed by atoms with Crippen molar-refractivity contribution in [3.8, 4) is 5.75 Å². The fraction of sp³-hybridized carbons (Fsp3) is 0.316. The van der Waals surface area contributed by atoms with Crippen molar-refractivity contribution < 1.29 is 22.7 Å². The van der Waals surface area contributed by atoms with Crippen LogP contribution in [0.5, 0.6) is 5.75 Å². The smallest absolute Gasteiger partial charge is 0.416 e. The molecule has 2 rings (SSSR count). The highest BCUT2D eigenvalue weighted by molar-refractivity contribution is 5.74. The molecular weight excluding hydrogens is 345 g/mol. The van der Waals surface area contributed by atoms with E-state index in [4.69, 9.17) is 4.74 Å². The second-order valence-corrected chi connectivity index (χ2v) is 5.75. The Morgan fingerprint density at radius 2 is 1.77 bits per heavy atom. The van der Waals surface area contributed by atoms with Crippen molar-refractivity contribution in [1.29, 1.82) is 0 Å². The molecule has 0 unspecified atom stereocenters. The second-order valence-electron chi connectivity index (χ2n) is 5.75. The van der Waals surface area contributed by atoms with E-state index in [2.05, 4.69) is 5.32 Å². The van der Waals surface area contributed by atoms with Gasteiger partial charge in [0.1, 0.15) is 5.75 Å². The van der Waals surface area contributed by atoms with Gasteiger partial charge in [-0.2, -0.15) is 13.2 Å². The summed E-state index contributed by atoms with van der Waals surface area (Å²) in [6.07, 6.45) is -4.37. The highest BCUT2D eigenvalue weighted by Gasteiger charge is 2.29. The van der Waals surface area contributed by atoms with E-state index in [-0.39, 0.29) is 12.6 Å². The van der Waals surface area contributed by atoms with E-state index in [1.54, 1.807) is 7.05 Å². The van der Waals surface area contributed by atoms with Gasteiger partial charge < -0.3 is 15.0 Å². The molecule has 2 amide bonds. The average molecular weight is 366 g/mol. The molecule has 0 saturated carbocycles. The first-order valence-electron chi connectivity index (χ1n) is 8.17. The summed E-state index contributed by atoms with van der Waals surface area (Å²) in [5.74, 6) is 0.709. The average Bonchev–Trinajstić information content (AvgIpc) is 2.60. The van der Waals surface area contributed by atoms with Crippen LogP contribution in [-0.2, 0) is 19.3 Å². The van der Waals surface area contributed by atoms with Crippen molar-refractivity contribution in [2.75, 3.05) is 13.7 Å². The molecule has 0 fully saturated rings. The zero-order valence-corrected chi connectivity index (χ0v) is 14.6. The maximum absolute atomic E-state index is 12.6. The Hall–Kier alpha value is -2.70. The molecule has 0 spiro atoms. The number of urea groups is 1. The van der Waals surface area contributed by atoms with E-state index in [0.717, 1.165) is 17.7 Å². The molecule has 7 heteroatoms. The molecule has 0 radical (unpaired) electrons. The number of hydrogen-bond donors (Lipinski definition) is 1. The zero-order chi connectivity index (χ0) is 19.2. The van der Waals surface area contributed by atoms with Crippen LogP contribution < -0.4 is 10.1 Å². The summed E-state index contributed by atoms with van der Waals surface area (Å²) in [7, 11) is 1.58. The molecule has 26 heavy (non-hydrogen) atoms. The zero-order valence-electron chi connectivity index (χ0n) is 14.6. The minimum absolute atomic E-state index is 0.205. The van der Waals surface area contributed by atoms with Gasteiger partial charge in [-0.3, -0.25) is 0 Å². The second kappa shape index (κ2) is 8.60. The predicted molar refractivity (Wildman–Crippen MR) is 92.8 cm³/mol. The number of amides is 2. The van der Waals surface area contributed by atoms with Gasteiger partial charge in [0, 0.05) is 25.7 Å². The molecule has 1 N–H and O–H groups in total. The third kappa shape index (κ3) is 5.40. The number of nitrogens with one attached hydrogen (secondary N) is 1. The molecular formula is C19H21F3N2O2. The molecule has 0 aliphatic heterocycles. The number of alkyl halides is 3. The molecule has 0 heterocycles. The van der Waals surface area contributed by atoms with Gasteiger partial charge in [-0.15, -0.1) is 0 Å². The molecule has 2 aromatic carbocycles. The Morgan fingerprint density at radius 1 is 1.12 bits per heavy atom. The summed E-state index contributed by atoms with van der Waals surface area (Å²) in [6, 6.07) is 11.9. The van der Waals surface area contributed by atoms with Crippen LogP contribution >= 0.6 is 0 Å². The molecule has 0 saturated heterocycles. The Morgan fingerprint density at radius 3 is 2.38 bits per heavy atom. The van der Waals surface area contributed by atoms with Crippen LogP contribution in [0, 0.1) is 0 Å². The minimum Gasteiger partial charge on any atom is -0.494 e. The summed E-state index contributed by atoms with van der Waals surface area (Å²) in [4.78, 5) is 13.6. The Balaban J connectivity index is 1.92. The summed E-state index contributed by atoms with van der Waals surface area (Å²) >= 11 is 0. The SMILES string of the molecule is CCOc1ccccc1CNC(=O)N(C)Cc1ccc(C(F)(F)F)cc1. The Labute approximate surface area is 150 Å². The molecule has 0 aliphatic rings. The molecule has 2 aromatic rings. The van der Waals surface area contributed by atoms with Crippen LogP contribution in [0.4, 0.5) is 18.0 Å². The maximum Gasteiger partial charge on any atom is 0.416 e. The lowest BCUT2D eigenvalue weighted by Crippen LogP contribution is -2.36. The largest absolute Gasteiger partial charge is 0.494 e. The number of carbonyl (C=O) groups is 1. The third-order valence-electron chi connectivity index (χ3n) is 3.75. The van der Waals surface area contributed by atoms with Gasteiger partial charge in [-0.25, -0.2) is 4.79 Å². The van der Waals surface area contributed by atoms with Crippen molar-refractivity contribution in [3.63, 3.8) is 0 Å². The normalized spacial score (nSPS) is 11.1. The van der Waals surface area contributed by atoms with Crippen molar-refractivity contribution in [1.82, 2.24) is 10.2 Å². The van der Waals surface area contributed by atoms with E-state index < -0.39 is 11.7 Å². The summed E-state index contributed by atoms with van der Waals surface area (Å²) in [5, 5.41) is 2.78. The first-order chi connectivity index (χ1) is 12.3.